The normalized spacial score (nSPS) is 18.9. The van der Waals surface area contributed by atoms with Crippen LogP contribution in [0.5, 0.6) is 0 Å². The molecule has 3 nitrogen and oxygen atoms in total. The van der Waals surface area contributed by atoms with Gasteiger partial charge in [-0.15, -0.1) is 0 Å². The van der Waals surface area contributed by atoms with Crippen LogP contribution in [0.4, 0.5) is 0 Å². The molecule has 1 aliphatic rings. The molecule has 0 saturated carbocycles. The number of hydrogen-bond donors (Lipinski definition) is 1. The van der Waals surface area contributed by atoms with E-state index >= 15 is 0 Å². The minimum absolute atomic E-state index is 0.424. The summed E-state index contributed by atoms with van der Waals surface area (Å²) in [6.45, 7) is 10.9. The van der Waals surface area contributed by atoms with Crippen molar-refractivity contribution in [3.8, 4) is 0 Å². The Labute approximate surface area is 129 Å². The van der Waals surface area contributed by atoms with Gasteiger partial charge >= 0.3 is 0 Å². The van der Waals surface area contributed by atoms with Crippen molar-refractivity contribution in [2.75, 3.05) is 33.3 Å². The quantitative estimate of drug-likeness (QED) is 0.871. The number of aryl methyl sites for hydroxylation is 2. The first-order valence-electron chi connectivity index (χ1n) is 8.19. The number of likely N-dealkylation sites (tertiary alicyclic amines) is 1. The molecule has 118 valence electrons. The lowest BCUT2D eigenvalue weighted by Gasteiger charge is -2.34. The van der Waals surface area contributed by atoms with Crippen molar-refractivity contribution in [3.05, 3.63) is 34.9 Å². The van der Waals surface area contributed by atoms with Gasteiger partial charge in [-0.2, -0.15) is 0 Å². The molecule has 0 amide bonds. The average molecular weight is 290 g/mol. The molecule has 0 bridgehead atoms. The van der Waals surface area contributed by atoms with Crippen LogP contribution in [0.15, 0.2) is 18.2 Å². The van der Waals surface area contributed by atoms with E-state index < -0.39 is 0 Å². The van der Waals surface area contributed by atoms with Crippen molar-refractivity contribution in [1.82, 2.24) is 10.2 Å². The van der Waals surface area contributed by atoms with E-state index in [-0.39, 0.29) is 0 Å². The largest absolute Gasteiger partial charge is 0.381 e. The molecule has 1 N–H and O–H groups in total. The van der Waals surface area contributed by atoms with Crippen molar-refractivity contribution in [3.63, 3.8) is 0 Å². The Morgan fingerprint density at radius 1 is 1.24 bits per heavy atom. The van der Waals surface area contributed by atoms with Crippen LogP contribution in [0.25, 0.3) is 0 Å². The molecule has 2 rings (SSSR count). The Kier molecular flexibility index (Phi) is 6.22. The SMILES string of the molecule is CCNC(CN1CCC(OC)CC1)c1ccc(C)c(C)c1. The number of rotatable bonds is 6. The fourth-order valence-electron chi connectivity index (χ4n) is 3.10. The monoisotopic (exact) mass is 290 g/mol. The Morgan fingerprint density at radius 2 is 1.95 bits per heavy atom. The first-order chi connectivity index (χ1) is 10.1. The van der Waals surface area contributed by atoms with Crippen molar-refractivity contribution >= 4 is 0 Å². The molecule has 1 aromatic carbocycles. The van der Waals surface area contributed by atoms with E-state index in [1.165, 1.54) is 16.7 Å². The summed E-state index contributed by atoms with van der Waals surface area (Å²) in [5.74, 6) is 0. The number of methoxy groups -OCH3 is 1. The van der Waals surface area contributed by atoms with Gasteiger partial charge in [0.15, 0.2) is 0 Å². The molecule has 1 unspecified atom stereocenters. The zero-order valence-corrected chi connectivity index (χ0v) is 14.0. The van der Waals surface area contributed by atoms with Gasteiger partial charge in [0.25, 0.3) is 0 Å². The van der Waals surface area contributed by atoms with E-state index in [1.54, 1.807) is 0 Å². The molecular weight excluding hydrogens is 260 g/mol. The third-order valence-electron chi connectivity index (χ3n) is 4.69. The zero-order valence-electron chi connectivity index (χ0n) is 14.0. The summed E-state index contributed by atoms with van der Waals surface area (Å²) >= 11 is 0. The van der Waals surface area contributed by atoms with E-state index in [2.05, 4.69) is 49.2 Å². The number of benzene rings is 1. The van der Waals surface area contributed by atoms with Gasteiger partial charge in [0.05, 0.1) is 6.10 Å². The Hall–Kier alpha value is -0.900. The summed E-state index contributed by atoms with van der Waals surface area (Å²) in [5, 5.41) is 3.65. The van der Waals surface area contributed by atoms with Gasteiger partial charge in [-0.1, -0.05) is 25.1 Å². The molecule has 0 aromatic heterocycles. The molecule has 3 heteroatoms. The highest BCUT2D eigenvalue weighted by Crippen LogP contribution is 2.21. The summed E-state index contributed by atoms with van der Waals surface area (Å²) in [4.78, 5) is 2.57. The van der Waals surface area contributed by atoms with Gasteiger partial charge in [0.2, 0.25) is 0 Å². The number of nitrogens with one attached hydrogen (secondary N) is 1. The molecule has 1 heterocycles. The Bertz CT molecular complexity index is 439. The van der Waals surface area contributed by atoms with Gasteiger partial charge in [-0.3, -0.25) is 0 Å². The molecule has 1 aliphatic heterocycles. The number of nitrogens with zero attached hydrogens (tertiary/aromatic N) is 1. The van der Waals surface area contributed by atoms with Gasteiger partial charge < -0.3 is 15.0 Å². The lowest BCUT2D eigenvalue weighted by molar-refractivity contribution is 0.0384. The van der Waals surface area contributed by atoms with Crippen LogP contribution >= 0.6 is 0 Å². The van der Waals surface area contributed by atoms with Crippen molar-refractivity contribution < 1.29 is 4.74 Å². The molecule has 0 aliphatic carbocycles. The van der Waals surface area contributed by atoms with Gasteiger partial charge in [-0.25, -0.2) is 0 Å². The van der Waals surface area contributed by atoms with Crippen LogP contribution < -0.4 is 5.32 Å². The van der Waals surface area contributed by atoms with Crippen LogP contribution in [0.2, 0.25) is 0 Å². The molecule has 1 atom stereocenters. The number of likely N-dealkylation sites (N-methyl/N-ethyl adjacent to an activating group) is 1. The fourth-order valence-corrected chi connectivity index (χ4v) is 3.10. The van der Waals surface area contributed by atoms with Crippen LogP contribution in [-0.2, 0) is 4.74 Å². The molecular formula is C18H30N2O. The Balaban J connectivity index is 2.00. The first-order valence-corrected chi connectivity index (χ1v) is 8.19. The predicted molar refractivity (Wildman–Crippen MR) is 88.8 cm³/mol. The smallest absolute Gasteiger partial charge is 0.0595 e. The second-order valence-electron chi connectivity index (χ2n) is 6.19. The molecule has 1 aromatic rings. The predicted octanol–water partition coefficient (Wildman–Crippen LogP) is 3.06. The second-order valence-corrected chi connectivity index (χ2v) is 6.19. The summed E-state index contributed by atoms with van der Waals surface area (Å²) in [6, 6.07) is 7.28. The minimum Gasteiger partial charge on any atom is -0.381 e. The number of ether oxygens (including phenoxy) is 1. The van der Waals surface area contributed by atoms with Crippen LogP contribution in [-0.4, -0.2) is 44.3 Å². The highest BCUT2D eigenvalue weighted by Gasteiger charge is 2.22. The van der Waals surface area contributed by atoms with Gasteiger partial charge in [0.1, 0.15) is 0 Å². The summed E-state index contributed by atoms with van der Waals surface area (Å²) < 4.78 is 5.46. The lowest BCUT2D eigenvalue weighted by atomic mass is 9.99. The maximum atomic E-state index is 5.46. The van der Waals surface area contributed by atoms with Crippen molar-refractivity contribution in [2.24, 2.45) is 0 Å². The summed E-state index contributed by atoms with van der Waals surface area (Å²) in [5.41, 5.74) is 4.16. The van der Waals surface area contributed by atoms with Gasteiger partial charge in [0, 0.05) is 32.8 Å². The maximum absolute atomic E-state index is 5.46. The lowest BCUT2D eigenvalue weighted by Crippen LogP contribution is -2.41. The van der Waals surface area contributed by atoms with E-state index in [0.717, 1.165) is 39.0 Å². The standard InChI is InChI=1S/C18H30N2O/c1-5-19-18(16-7-6-14(2)15(3)12-16)13-20-10-8-17(21-4)9-11-20/h6-7,12,17-19H,5,8-11,13H2,1-4H3. The third-order valence-corrected chi connectivity index (χ3v) is 4.69. The molecule has 0 radical (unpaired) electrons. The average Bonchev–Trinajstić information content (AvgIpc) is 2.50. The van der Waals surface area contributed by atoms with Crippen molar-refractivity contribution in [2.45, 2.75) is 45.8 Å². The van der Waals surface area contributed by atoms with Gasteiger partial charge in [-0.05, 0) is 49.9 Å². The number of hydrogen-bond acceptors (Lipinski definition) is 3. The molecule has 0 spiro atoms. The zero-order chi connectivity index (χ0) is 15.2. The van der Waals surface area contributed by atoms with Crippen LogP contribution in [0, 0.1) is 13.8 Å². The summed E-state index contributed by atoms with van der Waals surface area (Å²) in [6.07, 6.45) is 2.77. The van der Waals surface area contributed by atoms with Crippen LogP contribution in [0.3, 0.4) is 0 Å². The summed E-state index contributed by atoms with van der Waals surface area (Å²) in [7, 11) is 1.83. The molecule has 1 fully saturated rings. The highest BCUT2D eigenvalue weighted by atomic mass is 16.5. The Morgan fingerprint density at radius 3 is 2.52 bits per heavy atom. The molecule has 1 saturated heterocycles. The number of piperidine rings is 1. The first kappa shape index (κ1) is 16.5. The highest BCUT2D eigenvalue weighted by molar-refractivity contribution is 5.32. The third kappa shape index (κ3) is 4.53. The van der Waals surface area contributed by atoms with E-state index in [4.69, 9.17) is 4.74 Å². The molecule has 21 heavy (non-hydrogen) atoms. The van der Waals surface area contributed by atoms with E-state index in [9.17, 15) is 0 Å². The fraction of sp³-hybridized carbons (Fsp3) is 0.667. The van der Waals surface area contributed by atoms with E-state index in [0.29, 0.717) is 12.1 Å². The second kappa shape index (κ2) is 7.92. The maximum Gasteiger partial charge on any atom is 0.0595 e. The minimum atomic E-state index is 0.424. The van der Waals surface area contributed by atoms with E-state index in [1.807, 2.05) is 7.11 Å². The topological polar surface area (TPSA) is 24.5 Å². The van der Waals surface area contributed by atoms with Crippen LogP contribution in [0.1, 0.15) is 42.5 Å². The van der Waals surface area contributed by atoms with Crippen molar-refractivity contribution in [1.29, 1.82) is 0 Å².